The molecular weight excluding hydrogens is 514 g/mol. The number of carbonyl (C=O) groups excluding carboxylic acids is 2. The van der Waals surface area contributed by atoms with E-state index in [4.69, 9.17) is 16.3 Å². The number of methoxy groups -OCH3 is 1. The van der Waals surface area contributed by atoms with Gasteiger partial charge in [0, 0.05) is 18.1 Å². The average molecular weight is 542 g/mol. The number of hydrogen-bond donors (Lipinski definition) is 1. The highest BCUT2D eigenvalue weighted by molar-refractivity contribution is 7.92. The minimum absolute atomic E-state index is 0.00510. The predicted octanol–water partition coefficient (Wildman–Crippen LogP) is 4.81. The lowest BCUT2D eigenvalue weighted by molar-refractivity contribution is -0.114. The zero-order valence-electron chi connectivity index (χ0n) is 20.4. The Labute approximate surface area is 221 Å². The van der Waals surface area contributed by atoms with Gasteiger partial charge in [-0.3, -0.25) is 13.9 Å². The van der Waals surface area contributed by atoms with Crippen molar-refractivity contribution in [2.24, 2.45) is 0 Å². The van der Waals surface area contributed by atoms with Gasteiger partial charge in [-0.25, -0.2) is 8.42 Å². The molecular formula is C27H28ClN3O5S. The van der Waals surface area contributed by atoms with Crippen molar-refractivity contribution in [1.29, 1.82) is 0 Å². The molecule has 37 heavy (non-hydrogen) atoms. The van der Waals surface area contributed by atoms with Gasteiger partial charge >= 0.3 is 0 Å². The van der Waals surface area contributed by atoms with Gasteiger partial charge in [-0.2, -0.15) is 0 Å². The standard InChI is InChI=1S/C27H28ClN3O5S/c1-36-25-15-14-20(28)18-24(25)31(37(34,35)21-10-4-2-5-11-21)19-26(32)29-23-13-7-6-12-22(23)27(33)30-16-8-3-9-17-30/h2,4-7,10-15,18H,3,8-9,16-17,19H2,1H3,(H,29,32). The highest BCUT2D eigenvalue weighted by Crippen LogP contribution is 2.35. The van der Waals surface area contributed by atoms with Gasteiger partial charge in [-0.1, -0.05) is 41.9 Å². The number of piperidine rings is 1. The lowest BCUT2D eigenvalue weighted by atomic mass is 10.1. The van der Waals surface area contributed by atoms with Crippen molar-refractivity contribution in [3.8, 4) is 5.75 Å². The van der Waals surface area contributed by atoms with E-state index in [2.05, 4.69) is 5.32 Å². The Hall–Kier alpha value is -3.56. The number of ether oxygens (including phenoxy) is 1. The molecule has 0 aliphatic carbocycles. The number of para-hydroxylation sites is 1. The van der Waals surface area contributed by atoms with Crippen LogP contribution >= 0.6 is 11.6 Å². The molecule has 0 atom stereocenters. The van der Waals surface area contributed by atoms with Gasteiger partial charge in [-0.05, 0) is 61.7 Å². The van der Waals surface area contributed by atoms with Crippen LogP contribution in [0, 0.1) is 0 Å². The van der Waals surface area contributed by atoms with Crippen LogP contribution in [0.3, 0.4) is 0 Å². The summed E-state index contributed by atoms with van der Waals surface area (Å²) in [5, 5.41) is 3.02. The second kappa shape index (κ2) is 11.7. The van der Waals surface area contributed by atoms with Crippen LogP contribution in [0.15, 0.2) is 77.7 Å². The van der Waals surface area contributed by atoms with Crippen LogP contribution in [0.2, 0.25) is 5.02 Å². The monoisotopic (exact) mass is 541 g/mol. The molecule has 0 saturated carbocycles. The summed E-state index contributed by atoms with van der Waals surface area (Å²) < 4.78 is 33.7. The van der Waals surface area contributed by atoms with E-state index in [1.165, 1.54) is 31.4 Å². The van der Waals surface area contributed by atoms with Crippen LogP contribution in [0.5, 0.6) is 5.75 Å². The first-order chi connectivity index (χ1) is 17.8. The molecule has 1 aliphatic heterocycles. The predicted molar refractivity (Wildman–Crippen MR) is 144 cm³/mol. The van der Waals surface area contributed by atoms with Crippen LogP contribution < -0.4 is 14.4 Å². The second-order valence-corrected chi connectivity index (χ2v) is 10.9. The molecule has 2 amide bonds. The molecule has 3 aromatic carbocycles. The van der Waals surface area contributed by atoms with E-state index in [1.54, 1.807) is 53.4 Å². The summed E-state index contributed by atoms with van der Waals surface area (Å²) in [4.78, 5) is 28.2. The number of anilines is 2. The fraction of sp³-hybridized carbons (Fsp3) is 0.259. The summed E-state index contributed by atoms with van der Waals surface area (Å²) in [6.45, 7) is 0.762. The highest BCUT2D eigenvalue weighted by atomic mass is 35.5. The van der Waals surface area contributed by atoms with Crippen molar-refractivity contribution in [1.82, 2.24) is 4.90 Å². The van der Waals surface area contributed by atoms with Crippen molar-refractivity contribution in [2.45, 2.75) is 24.2 Å². The third-order valence-corrected chi connectivity index (χ3v) is 8.11. The molecule has 1 fully saturated rings. The van der Waals surface area contributed by atoms with Crippen molar-refractivity contribution in [3.05, 3.63) is 83.4 Å². The second-order valence-electron chi connectivity index (χ2n) is 8.59. The first kappa shape index (κ1) is 26.5. The molecule has 4 rings (SSSR count). The van der Waals surface area contributed by atoms with Crippen LogP contribution in [-0.2, 0) is 14.8 Å². The van der Waals surface area contributed by atoms with Crippen LogP contribution in [0.1, 0.15) is 29.6 Å². The number of nitrogens with zero attached hydrogens (tertiary/aromatic N) is 2. The average Bonchev–Trinajstić information content (AvgIpc) is 2.92. The SMILES string of the molecule is COc1ccc(Cl)cc1N(CC(=O)Nc1ccccc1C(=O)N1CCCCC1)S(=O)(=O)c1ccccc1. The Balaban J connectivity index is 1.66. The van der Waals surface area contributed by atoms with Crippen LogP contribution in [-0.4, -0.2) is 51.9 Å². The topological polar surface area (TPSA) is 96.0 Å². The lowest BCUT2D eigenvalue weighted by Crippen LogP contribution is -2.39. The molecule has 1 saturated heterocycles. The molecule has 10 heteroatoms. The fourth-order valence-corrected chi connectivity index (χ4v) is 5.85. The Morgan fingerprint density at radius 1 is 0.973 bits per heavy atom. The Morgan fingerprint density at radius 2 is 1.65 bits per heavy atom. The molecule has 1 heterocycles. The number of hydrogen-bond acceptors (Lipinski definition) is 5. The number of sulfonamides is 1. The number of halogens is 1. The van der Waals surface area contributed by atoms with E-state index in [0.29, 0.717) is 24.3 Å². The molecule has 8 nitrogen and oxygen atoms in total. The van der Waals surface area contributed by atoms with Gasteiger partial charge in [0.15, 0.2) is 0 Å². The highest BCUT2D eigenvalue weighted by Gasteiger charge is 2.30. The van der Waals surface area contributed by atoms with Crippen molar-refractivity contribution in [2.75, 3.05) is 36.4 Å². The van der Waals surface area contributed by atoms with Gasteiger partial charge in [0.25, 0.3) is 15.9 Å². The third kappa shape index (κ3) is 6.06. The van der Waals surface area contributed by atoms with E-state index in [0.717, 1.165) is 23.6 Å². The molecule has 194 valence electrons. The molecule has 0 radical (unpaired) electrons. The van der Waals surface area contributed by atoms with Crippen molar-refractivity contribution >= 4 is 44.8 Å². The van der Waals surface area contributed by atoms with E-state index >= 15 is 0 Å². The van der Waals surface area contributed by atoms with Gasteiger partial charge in [0.1, 0.15) is 12.3 Å². The number of amides is 2. The van der Waals surface area contributed by atoms with Gasteiger partial charge in [-0.15, -0.1) is 0 Å². The van der Waals surface area contributed by atoms with Crippen molar-refractivity contribution < 1.29 is 22.7 Å². The number of benzene rings is 3. The first-order valence-corrected chi connectivity index (χ1v) is 13.7. The number of nitrogens with one attached hydrogen (secondary N) is 1. The van der Waals surface area contributed by atoms with E-state index in [-0.39, 0.29) is 27.3 Å². The summed E-state index contributed by atoms with van der Waals surface area (Å²) in [7, 11) is -2.77. The summed E-state index contributed by atoms with van der Waals surface area (Å²) >= 11 is 6.19. The van der Waals surface area contributed by atoms with E-state index < -0.39 is 22.5 Å². The first-order valence-electron chi connectivity index (χ1n) is 11.9. The van der Waals surface area contributed by atoms with E-state index in [1.807, 2.05) is 0 Å². The summed E-state index contributed by atoms with van der Waals surface area (Å²) in [5.41, 5.74) is 0.792. The number of rotatable bonds is 8. The normalized spacial score (nSPS) is 13.6. The van der Waals surface area contributed by atoms with Crippen molar-refractivity contribution in [3.63, 3.8) is 0 Å². The summed E-state index contributed by atoms with van der Waals surface area (Å²) in [6.07, 6.45) is 2.96. The quantitative estimate of drug-likeness (QED) is 0.441. The zero-order valence-corrected chi connectivity index (χ0v) is 22.0. The maximum absolute atomic E-state index is 13.7. The van der Waals surface area contributed by atoms with Crippen LogP contribution in [0.25, 0.3) is 0 Å². The number of likely N-dealkylation sites (tertiary alicyclic amines) is 1. The number of carbonyl (C=O) groups is 2. The maximum Gasteiger partial charge on any atom is 0.264 e. The molecule has 0 aromatic heterocycles. The Morgan fingerprint density at radius 3 is 2.35 bits per heavy atom. The lowest BCUT2D eigenvalue weighted by Gasteiger charge is -2.28. The molecule has 1 N–H and O–H groups in total. The Bertz CT molecular complexity index is 1380. The maximum atomic E-state index is 13.7. The summed E-state index contributed by atoms with van der Waals surface area (Å²) in [5.74, 6) is -0.557. The fourth-order valence-electron chi connectivity index (χ4n) is 4.24. The van der Waals surface area contributed by atoms with E-state index in [9.17, 15) is 18.0 Å². The molecule has 0 bridgehead atoms. The molecule has 0 spiro atoms. The molecule has 3 aromatic rings. The third-order valence-electron chi connectivity index (χ3n) is 6.10. The Kier molecular flexibility index (Phi) is 8.35. The van der Waals surface area contributed by atoms with Gasteiger partial charge < -0.3 is 15.0 Å². The summed E-state index contributed by atoms with van der Waals surface area (Å²) in [6, 6.07) is 19.1. The minimum Gasteiger partial charge on any atom is -0.495 e. The zero-order chi connectivity index (χ0) is 26.4. The molecule has 0 unspecified atom stereocenters. The van der Waals surface area contributed by atoms with Gasteiger partial charge in [0.05, 0.1) is 28.9 Å². The van der Waals surface area contributed by atoms with Crippen LogP contribution in [0.4, 0.5) is 11.4 Å². The minimum atomic E-state index is -4.18. The smallest absolute Gasteiger partial charge is 0.264 e. The van der Waals surface area contributed by atoms with Gasteiger partial charge in [0.2, 0.25) is 5.91 Å². The largest absolute Gasteiger partial charge is 0.495 e. The molecule has 1 aliphatic rings.